The van der Waals surface area contributed by atoms with Crippen molar-refractivity contribution in [2.45, 2.75) is 6.04 Å². The maximum atomic E-state index is 13.2. The molecule has 6 heteroatoms. The minimum absolute atomic E-state index is 0.149. The molecule has 0 spiro atoms. The van der Waals surface area contributed by atoms with Gasteiger partial charge in [-0.25, -0.2) is 9.18 Å². The van der Waals surface area contributed by atoms with Gasteiger partial charge in [0.1, 0.15) is 5.82 Å². The molecule has 0 radical (unpaired) electrons. The average Bonchev–Trinajstić information content (AvgIpc) is 2.81. The molecular formula is C15H12BrFN2O2. The smallest absolute Gasteiger partial charge is 0.408 e. The lowest BCUT2D eigenvalue weighted by atomic mass is 9.98. The predicted molar refractivity (Wildman–Crippen MR) is 81.8 cm³/mol. The van der Waals surface area contributed by atoms with Crippen LogP contribution in [0.2, 0.25) is 0 Å². The van der Waals surface area contributed by atoms with Crippen LogP contribution < -0.4 is 11.1 Å². The first-order valence-corrected chi connectivity index (χ1v) is 7.13. The fraction of sp³-hybridized carbons (Fsp3) is 0.133. The van der Waals surface area contributed by atoms with Crippen molar-refractivity contribution in [3.63, 3.8) is 0 Å². The summed E-state index contributed by atoms with van der Waals surface area (Å²) in [5.74, 6) is -0.779. The predicted octanol–water partition coefficient (Wildman–Crippen LogP) is 3.33. The Morgan fingerprint density at radius 2 is 2.10 bits per heavy atom. The summed E-state index contributed by atoms with van der Waals surface area (Å²) in [6, 6.07) is 9.89. The molecule has 0 aliphatic rings. The van der Waals surface area contributed by atoms with Crippen molar-refractivity contribution in [2.75, 3.05) is 7.05 Å². The van der Waals surface area contributed by atoms with Crippen LogP contribution >= 0.6 is 15.9 Å². The molecule has 1 unspecified atom stereocenters. The number of oxazole rings is 1. The van der Waals surface area contributed by atoms with Crippen molar-refractivity contribution in [3.8, 4) is 0 Å². The molecule has 0 saturated carbocycles. The quantitative estimate of drug-likeness (QED) is 0.761. The third kappa shape index (κ3) is 2.64. The van der Waals surface area contributed by atoms with Crippen LogP contribution in [0.4, 0.5) is 4.39 Å². The Labute approximate surface area is 128 Å². The highest BCUT2D eigenvalue weighted by Crippen LogP contribution is 2.30. The van der Waals surface area contributed by atoms with Gasteiger partial charge >= 0.3 is 5.76 Å². The summed E-state index contributed by atoms with van der Waals surface area (Å²) in [4.78, 5) is 13.8. The van der Waals surface area contributed by atoms with Gasteiger partial charge in [0.15, 0.2) is 5.58 Å². The van der Waals surface area contributed by atoms with Gasteiger partial charge in [0.25, 0.3) is 0 Å². The number of aromatic nitrogens is 1. The lowest BCUT2D eigenvalue weighted by Gasteiger charge is -2.18. The molecule has 0 aliphatic heterocycles. The number of halogens is 2. The molecule has 1 aromatic heterocycles. The van der Waals surface area contributed by atoms with Crippen molar-refractivity contribution < 1.29 is 8.81 Å². The Hall–Kier alpha value is -1.92. The highest BCUT2D eigenvalue weighted by Gasteiger charge is 2.16. The van der Waals surface area contributed by atoms with E-state index in [9.17, 15) is 9.18 Å². The van der Waals surface area contributed by atoms with Crippen LogP contribution in [0, 0.1) is 5.82 Å². The fourth-order valence-corrected chi connectivity index (χ4v) is 2.96. The van der Waals surface area contributed by atoms with E-state index in [1.165, 1.54) is 12.1 Å². The van der Waals surface area contributed by atoms with Gasteiger partial charge in [0, 0.05) is 4.47 Å². The van der Waals surface area contributed by atoms with E-state index in [4.69, 9.17) is 4.42 Å². The largest absolute Gasteiger partial charge is 0.417 e. The molecule has 3 aromatic rings. The van der Waals surface area contributed by atoms with E-state index in [2.05, 4.69) is 26.2 Å². The number of benzene rings is 2. The lowest BCUT2D eigenvalue weighted by molar-refractivity contribution is 0.554. The van der Waals surface area contributed by atoms with Gasteiger partial charge in [0.05, 0.1) is 11.6 Å². The number of H-pyrrole nitrogens is 1. The van der Waals surface area contributed by atoms with Crippen LogP contribution in [0.1, 0.15) is 17.2 Å². The van der Waals surface area contributed by atoms with Crippen LogP contribution in [0.3, 0.4) is 0 Å². The summed E-state index contributed by atoms with van der Waals surface area (Å²) in [5, 5.41) is 3.18. The van der Waals surface area contributed by atoms with Crippen molar-refractivity contribution in [1.82, 2.24) is 10.3 Å². The van der Waals surface area contributed by atoms with E-state index < -0.39 is 5.76 Å². The van der Waals surface area contributed by atoms with Gasteiger partial charge in [-0.1, -0.05) is 28.1 Å². The van der Waals surface area contributed by atoms with E-state index >= 15 is 0 Å². The molecule has 0 fully saturated rings. The van der Waals surface area contributed by atoms with Gasteiger partial charge in [-0.05, 0) is 42.4 Å². The monoisotopic (exact) mass is 350 g/mol. The molecule has 1 atom stereocenters. The van der Waals surface area contributed by atoms with Crippen LogP contribution in [0.5, 0.6) is 0 Å². The van der Waals surface area contributed by atoms with Gasteiger partial charge in [-0.3, -0.25) is 4.98 Å². The van der Waals surface area contributed by atoms with Gasteiger partial charge in [0.2, 0.25) is 0 Å². The molecule has 2 aromatic carbocycles. The van der Waals surface area contributed by atoms with E-state index in [1.54, 1.807) is 18.2 Å². The highest BCUT2D eigenvalue weighted by atomic mass is 79.9. The van der Waals surface area contributed by atoms with E-state index in [-0.39, 0.29) is 11.9 Å². The number of aromatic amines is 1. The number of hydrogen-bond donors (Lipinski definition) is 2. The second-order valence-electron chi connectivity index (χ2n) is 4.66. The number of hydrogen-bond acceptors (Lipinski definition) is 3. The van der Waals surface area contributed by atoms with Crippen LogP contribution in [0.25, 0.3) is 11.1 Å². The topological polar surface area (TPSA) is 58.0 Å². The number of fused-ring (bicyclic) bond motifs is 1. The third-order valence-corrected chi connectivity index (χ3v) is 4.03. The molecule has 1 heterocycles. The molecular weight excluding hydrogens is 339 g/mol. The summed E-state index contributed by atoms with van der Waals surface area (Å²) < 4.78 is 19.0. The molecule has 0 aliphatic carbocycles. The summed E-state index contributed by atoms with van der Waals surface area (Å²) in [6.07, 6.45) is 0. The summed E-state index contributed by atoms with van der Waals surface area (Å²) in [6.45, 7) is 0. The molecule has 21 heavy (non-hydrogen) atoms. The first-order valence-electron chi connectivity index (χ1n) is 6.33. The van der Waals surface area contributed by atoms with Crippen LogP contribution in [-0.2, 0) is 0 Å². The van der Waals surface area contributed by atoms with Crippen molar-refractivity contribution in [1.29, 1.82) is 0 Å². The van der Waals surface area contributed by atoms with Crippen molar-refractivity contribution >= 4 is 27.0 Å². The summed E-state index contributed by atoms with van der Waals surface area (Å²) in [5.41, 5.74) is 2.96. The first-order chi connectivity index (χ1) is 10.1. The Kier molecular flexibility index (Phi) is 3.65. The Balaban J connectivity index is 2.10. The highest BCUT2D eigenvalue weighted by molar-refractivity contribution is 9.10. The Morgan fingerprint density at radius 3 is 2.81 bits per heavy atom. The number of rotatable bonds is 3. The van der Waals surface area contributed by atoms with Gasteiger partial charge in [-0.2, -0.15) is 0 Å². The maximum absolute atomic E-state index is 13.2. The zero-order valence-corrected chi connectivity index (χ0v) is 12.7. The lowest BCUT2D eigenvalue weighted by Crippen LogP contribution is -2.18. The second-order valence-corrected chi connectivity index (χ2v) is 5.51. The standard InChI is InChI=1S/C15H12BrFN2O2/c1-18-14(10-4-3-9(17)7-11(10)16)8-2-5-12-13(6-8)21-15(20)19-12/h2-7,14,18H,1H3,(H,19,20). The Morgan fingerprint density at radius 1 is 1.29 bits per heavy atom. The molecule has 0 saturated heterocycles. The van der Waals surface area contributed by atoms with Crippen molar-refractivity contribution in [3.05, 3.63) is 68.4 Å². The minimum atomic E-state index is -0.480. The molecule has 4 nitrogen and oxygen atoms in total. The second kappa shape index (κ2) is 5.46. The van der Waals surface area contributed by atoms with E-state index in [0.29, 0.717) is 15.6 Å². The summed E-state index contributed by atoms with van der Waals surface area (Å²) in [7, 11) is 1.82. The maximum Gasteiger partial charge on any atom is 0.417 e. The normalized spacial score (nSPS) is 12.7. The SMILES string of the molecule is CNC(c1ccc2[nH]c(=O)oc2c1)c1ccc(F)cc1Br. The van der Waals surface area contributed by atoms with Crippen LogP contribution in [-0.4, -0.2) is 12.0 Å². The first kappa shape index (κ1) is 14.0. The minimum Gasteiger partial charge on any atom is -0.408 e. The molecule has 0 amide bonds. The van der Waals surface area contributed by atoms with Gasteiger partial charge < -0.3 is 9.73 Å². The summed E-state index contributed by atoms with van der Waals surface area (Å²) >= 11 is 3.38. The van der Waals surface area contributed by atoms with E-state index in [1.807, 2.05) is 13.1 Å². The van der Waals surface area contributed by atoms with Gasteiger partial charge in [-0.15, -0.1) is 0 Å². The fourth-order valence-electron chi connectivity index (χ4n) is 2.38. The molecule has 0 bridgehead atoms. The third-order valence-electron chi connectivity index (χ3n) is 3.34. The zero-order valence-electron chi connectivity index (χ0n) is 11.1. The van der Waals surface area contributed by atoms with Crippen molar-refractivity contribution in [2.24, 2.45) is 0 Å². The zero-order chi connectivity index (χ0) is 15.0. The molecule has 108 valence electrons. The number of nitrogens with one attached hydrogen (secondary N) is 2. The average molecular weight is 351 g/mol. The Bertz CT molecular complexity index is 856. The molecule has 3 rings (SSSR count). The van der Waals surface area contributed by atoms with Crippen LogP contribution in [0.15, 0.2) is 50.1 Å². The van der Waals surface area contributed by atoms with E-state index in [0.717, 1.165) is 11.1 Å². The molecule has 2 N–H and O–H groups in total.